The largest absolute Gasteiger partial charge is 0.416 e. The topological polar surface area (TPSA) is 132 Å². The second-order valence-corrected chi connectivity index (χ2v) is 8.85. The Morgan fingerprint density at radius 2 is 1.07 bits per heavy atom. The predicted octanol–water partition coefficient (Wildman–Crippen LogP) is 3.31. The number of alkyl halides is 6. The van der Waals surface area contributed by atoms with Crippen molar-refractivity contribution >= 4 is 23.7 Å². The summed E-state index contributed by atoms with van der Waals surface area (Å²) in [7, 11) is 2.78. The smallest absolute Gasteiger partial charge is 0.369 e. The van der Waals surface area contributed by atoms with E-state index < -0.39 is 60.5 Å². The molecule has 4 heterocycles. The molecule has 2 unspecified atom stereocenters. The molecule has 2 aromatic rings. The second-order valence-electron chi connectivity index (χ2n) is 8.85. The number of aliphatic hydroxyl groups is 2. The Morgan fingerprint density at radius 3 is 1.36 bits per heavy atom. The zero-order valence-electron chi connectivity index (χ0n) is 22.7. The third kappa shape index (κ3) is 6.66. The number of hydrogen-bond acceptors (Lipinski definition) is 8. The molecule has 0 saturated carbocycles. The minimum Gasteiger partial charge on any atom is -0.369 e. The van der Waals surface area contributed by atoms with Crippen LogP contribution in [0.3, 0.4) is 0 Å². The Labute approximate surface area is 235 Å². The van der Waals surface area contributed by atoms with Crippen LogP contribution >= 0.6 is 0 Å². The molecule has 0 radical (unpaired) electrons. The van der Waals surface area contributed by atoms with Crippen molar-refractivity contribution in [1.29, 1.82) is 0 Å². The third-order valence-electron chi connectivity index (χ3n) is 6.13. The Balaban J connectivity index is 0.000000230. The molecule has 4 rings (SSSR count). The molecule has 4 amide bonds. The first-order valence-corrected chi connectivity index (χ1v) is 12.3. The number of urea groups is 2. The van der Waals surface area contributed by atoms with E-state index >= 15 is 0 Å². The van der Waals surface area contributed by atoms with Crippen LogP contribution in [0.5, 0.6) is 0 Å². The van der Waals surface area contributed by atoms with Crippen molar-refractivity contribution in [2.75, 3.05) is 37.1 Å². The van der Waals surface area contributed by atoms with Gasteiger partial charge < -0.3 is 19.7 Å². The van der Waals surface area contributed by atoms with Gasteiger partial charge in [-0.2, -0.15) is 26.3 Å². The van der Waals surface area contributed by atoms with Crippen molar-refractivity contribution in [2.45, 2.75) is 51.1 Å². The zero-order chi connectivity index (χ0) is 31.6. The Morgan fingerprint density at radius 1 is 0.738 bits per heavy atom. The van der Waals surface area contributed by atoms with Crippen LogP contribution in [0.15, 0.2) is 36.7 Å². The molecule has 2 aromatic heterocycles. The number of rotatable bonds is 6. The molecule has 0 spiro atoms. The number of ether oxygens (including phenoxy) is 2. The zero-order valence-corrected chi connectivity index (χ0v) is 22.7. The van der Waals surface area contributed by atoms with Gasteiger partial charge in [-0.05, 0) is 38.1 Å². The lowest BCUT2D eigenvalue weighted by atomic mass is 10.2. The number of carbonyl (C=O) groups excluding carboxylic acids is 2. The normalized spacial score (nSPS) is 23.0. The summed E-state index contributed by atoms with van der Waals surface area (Å²) in [5, 5.41) is 20.2. The molecule has 4 atom stereocenters. The maximum Gasteiger partial charge on any atom is 0.416 e. The number of hydrogen-bond donors (Lipinski definition) is 2. The van der Waals surface area contributed by atoms with E-state index in [-0.39, 0.29) is 24.8 Å². The summed E-state index contributed by atoms with van der Waals surface area (Å²) in [6, 6.07) is 1.63. The van der Waals surface area contributed by atoms with Crippen LogP contribution < -0.4 is 9.80 Å². The van der Waals surface area contributed by atoms with Gasteiger partial charge in [0, 0.05) is 39.7 Å². The SMILES string of the molecule is CCO[C@@H]1C(O)N(c2cc(C(F)(F)F)ccn2)C(=O)N1C.CCO[C@H]1C(O)N(c2cc(C(F)(F)F)ccn2)C(=O)N1C. The van der Waals surface area contributed by atoms with E-state index in [1.54, 1.807) is 13.8 Å². The molecular weight excluding hydrogens is 582 g/mol. The fourth-order valence-electron chi connectivity index (χ4n) is 4.10. The fraction of sp³-hybridized carbons (Fsp3) is 0.500. The molecule has 42 heavy (non-hydrogen) atoms. The molecule has 12 nitrogen and oxygen atoms in total. The summed E-state index contributed by atoms with van der Waals surface area (Å²) in [5.41, 5.74) is -1.90. The lowest BCUT2D eigenvalue weighted by Crippen LogP contribution is -2.38. The molecule has 2 saturated heterocycles. The molecule has 0 bridgehead atoms. The number of likely N-dealkylation sites (N-methyl/N-ethyl adjacent to an activating group) is 2. The summed E-state index contributed by atoms with van der Waals surface area (Å²) < 4.78 is 86.6. The number of aromatic nitrogens is 2. The van der Waals surface area contributed by atoms with E-state index in [1.165, 1.54) is 14.1 Å². The lowest BCUT2D eigenvalue weighted by Gasteiger charge is -2.21. The van der Waals surface area contributed by atoms with Crippen LogP contribution in [0.2, 0.25) is 0 Å². The quantitative estimate of drug-likeness (QED) is 0.477. The van der Waals surface area contributed by atoms with Gasteiger partial charge >= 0.3 is 24.4 Å². The van der Waals surface area contributed by atoms with Gasteiger partial charge in [-0.3, -0.25) is 9.80 Å². The Kier molecular flexibility index (Phi) is 9.86. The van der Waals surface area contributed by atoms with Crippen LogP contribution in [0.1, 0.15) is 25.0 Å². The number of pyridine rings is 2. The van der Waals surface area contributed by atoms with Crippen molar-refractivity contribution in [2.24, 2.45) is 0 Å². The summed E-state index contributed by atoms with van der Waals surface area (Å²) >= 11 is 0. The second kappa shape index (κ2) is 12.6. The average molecular weight is 611 g/mol. The van der Waals surface area contributed by atoms with E-state index in [1.807, 2.05) is 0 Å². The standard InChI is InChI=1S/2C12H14F3N3O3/c2*1-3-21-10-9(19)18(11(20)17(10)2)8-6-7(4-5-16-8)12(13,14)15/h2*4-6,9-10,19H,3H2,1-2H3/t2*9?,10-/m10/s1. The molecular formula is C24H28F6N6O6. The van der Waals surface area contributed by atoms with Gasteiger partial charge in [-0.15, -0.1) is 0 Å². The number of anilines is 2. The van der Waals surface area contributed by atoms with Gasteiger partial charge in [-0.25, -0.2) is 29.4 Å². The molecule has 232 valence electrons. The van der Waals surface area contributed by atoms with Crippen molar-refractivity contribution in [3.05, 3.63) is 47.8 Å². The molecule has 18 heteroatoms. The van der Waals surface area contributed by atoms with Crippen LogP contribution in [0.4, 0.5) is 47.6 Å². The minimum atomic E-state index is -4.56. The number of aliphatic hydroxyl groups excluding tert-OH is 2. The van der Waals surface area contributed by atoms with Gasteiger partial charge in [0.25, 0.3) is 0 Å². The maximum absolute atomic E-state index is 12.7. The van der Waals surface area contributed by atoms with Crippen molar-refractivity contribution in [3.63, 3.8) is 0 Å². The minimum absolute atomic E-state index is 0.239. The van der Waals surface area contributed by atoms with E-state index in [9.17, 15) is 46.1 Å². The van der Waals surface area contributed by atoms with Gasteiger partial charge in [0.05, 0.1) is 11.1 Å². The Bertz CT molecular complexity index is 1170. The number of carbonyl (C=O) groups is 2. The average Bonchev–Trinajstić information content (AvgIpc) is 3.26. The van der Waals surface area contributed by atoms with Crippen LogP contribution in [-0.2, 0) is 21.8 Å². The van der Waals surface area contributed by atoms with E-state index in [0.717, 1.165) is 44.1 Å². The third-order valence-corrected chi connectivity index (χ3v) is 6.13. The molecule has 2 aliphatic rings. The van der Waals surface area contributed by atoms with Crippen LogP contribution in [0, 0.1) is 0 Å². The first-order chi connectivity index (χ1) is 19.5. The summed E-state index contributed by atoms with van der Waals surface area (Å²) in [4.78, 5) is 35.3. The highest BCUT2D eigenvalue weighted by molar-refractivity contribution is 5.94. The van der Waals surface area contributed by atoms with Crippen LogP contribution in [-0.4, -0.2) is 94.3 Å². The van der Waals surface area contributed by atoms with Crippen molar-refractivity contribution < 1.29 is 55.6 Å². The molecule has 2 N–H and O–H groups in total. The van der Waals surface area contributed by atoms with Gasteiger partial charge in [0.15, 0.2) is 24.9 Å². The first-order valence-electron chi connectivity index (χ1n) is 12.3. The highest BCUT2D eigenvalue weighted by Gasteiger charge is 2.47. The monoisotopic (exact) mass is 610 g/mol. The van der Waals surface area contributed by atoms with Crippen LogP contribution in [0.25, 0.3) is 0 Å². The number of nitrogens with zero attached hydrogens (tertiary/aromatic N) is 6. The Hall–Kier alpha value is -3.74. The maximum atomic E-state index is 12.7. The summed E-state index contributed by atoms with van der Waals surface area (Å²) in [5.74, 6) is -0.562. The van der Waals surface area contributed by atoms with E-state index in [2.05, 4.69) is 9.97 Å². The lowest BCUT2D eigenvalue weighted by molar-refractivity contribution is -0.138. The van der Waals surface area contributed by atoms with Gasteiger partial charge in [0.1, 0.15) is 11.6 Å². The molecule has 0 aliphatic carbocycles. The number of halogens is 6. The van der Waals surface area contributed by atoms with Crippen molar-refractivity contribution in [1.82, 2.24) is 19.8 Å². The predicted molar refractivity (Wildman–Crippen MR) is 133 cm³/mol. The number of amides is 4. The highest BCUT2D eigenvalue weighted by atomic mass is 19.4. The molecule has 0 aromatic carbocycles. The highest BCUT2D eigenvalue weighted by Crippen LogP contribution is 2.34. The summed E-state index contributed by atoms with van der Waals surface area (Å²) in [6.45, 7) is 3.83. The summed E-state index contributed by atoms with van der Waals surface area (Å²) in [6.07, 6.45) is -12.0. The van der Waals surface area contributed by atoms with E-state index in [0.29, 0.717) is 12.1 Å². The molecule has 2 fully saturated rings. The van der Waals surface area contributed by atoms with Gasteiger partial charge in [0.2, 0.25) is 0 Å². The fourth-order valence-corrected chi connectivity index (χ4v) is 4.10. The van der Waals surface area contributed by atoms with Crippen molar-refractivity contribution in [3.8, 4) is 0 Å². The first kappa shape index (κ1) is 32.8. The van der Waals surface area contributed by atoms with Gasteiger partial charge in [-0.1, -0.05) is 0 Å². The molecule has 2 aliphatic heterocycles. The van der Waals surface area contributed by atoms with E-state index in [4.69, 9.17) is 9.47 Å².